The van der Waals surface area contributed by atoms with Crippen molar-refractivity contribution < 1.29 is 9.90 Å². The van der Waals surface area contributed by atoms with E-state index in [2.05, 4.69) is 10.6 Å². The Balaban J connectivity index is 4.48. The Hall–Kier alpha value is -0.610. The maximum Gasteiger partial charge on any atom is 0.240 e. The molecule has 4 heteroatoms. The first kappa shape index (κ1) is 13.4. The Morgan fingerprint density at radius 2 is 1.71 bits per heavy atom. The summed E-state index contributed by atoms with van der Waals surface area (Å²) in [6, 6.07) is 0. The summed E-state index contributed by atoms with van der Waals surface area (Å²) in [5, 5.41) is 15.1. The lowest BCUT2D eigenvalue weighted by molar-refractivity contribution is -0.129. The van der Waals surface area contributed by atoms with Crippen molar-refractivity contribution >= 4 is 5.91 Å². The highest BCUT2D eigenvalue weighted by molar-refractivity contribution is 5.86. The second kappa shape index (κ2) is 4.28. The van der Waals surface area contributed by atoms with Crippen molar-refractivity contribution in [2.75, 3.05) is 7.05 Å². The Kier molecular flexibility index (Phi) is 4.09. The molecule has 0 spiro atoms. The van der Waals surface area contributed by atoms with Gasteiger partial charge in [-0.3, -0.25) is 4.79 Å². The third-order valence-corrected chi connectivity index (χ3v) is 2.67. The van der Waals surface area contributed by atoms with Gasteiger partial charge in [-0.25, -0.2) is 0 Å². The average Bonchev–Trinajstić information content (AvgIpc) is 2.03. The quantitative estimate of drug-likeness (QED) is 0.613. The normalized spacial score (nSPS) is 15.1. The maximum atomic E-state index is 11.7. The zero-order chi connectivity index (χ0) is 11.6. The Labute approximate surface area is 86.1 Å². The first-order valence-electron chi connectivity index (χ1n) is 4.83. The van der Waals surface area contributed by atoms with Crippen LogP contribution in [-0.4, -0.2) is 35.2 Å². The predicted octanol–water partition coefficient (Wildman–Crippen LogP) is 0.260. The van der Waals surface area contributed by atoms with E-state index in [9.17, 15) is 9.90 Å². The van der Waals surface area contributed by atoms with Crippen LogP contribution in [0, 0.1) is 0 Å². The zero-order valence-corrected chi connectivity index (χ0v) is 9.93. The topological polar surface area (TPSA) is 61.4 Å². The molecule has 1 unspecified atom stereocenters. The molecular formula is C10H22N2O2. The van der Waals surface area contributed by atoms with E-state index in [1.165, 1.54) is 0 Å². The molecule has 0 fully saturated rings. The van der Waals surface area contributed by atoms with E-state index in [4.69, 9.17) is 0 Å². The maximum absolute atomic E-state index is 11.7. The molecule has 0 bridgehead atoms. The molecule has 0 saturated heterocycles. The highest BCUT2D eigenvalue weighted by Crippen LogP contribution is 2.11. The molecule has 0 radical (unpaired) electrons. The lowest BCUT2D eigenvalue weighted by atomic mass is 9.96. The van der Waals surface area contributed by atoms with Gasteiger partial charge in [0.15, 0.2) is 0 Å². The van der Waals surface area contributed by atoms with Crippen molar-refractivity contribution in [1.82, 2.24) is 10.6 Å². The van der Waals surface area contributed by atoms with Crippen LogP contribution in [0.25, 0.3) is 0 Å². The fourth-order valence-corrected chi connectivity index (χ4v) is 0.667. The van der Waals surface area contributed by atoms with Gasteiger partial charge in [-0.2, -0.15) is 0 Å². The summed E-state index contributed by atoms with van der Waals surface area (Å²) < 4.78 is 0. The SMILES string of the molecule is CNC(C)(C)C(=O)NC(C)(C)C(C)O. The molecule has 4 nitrogen and oxygen atoms in total. The molecule has 0 aromatic carbocycles. The van der Waals surface area contributed by atoms with E-state index in [-0.39, 0.29) is 5.91 Å². The van der Waals surface area contributed by atoms with Crippen molar-refractivity contribution in [1.29, 1.82) is 0 Å². The molecule has 0 rings (SSSR count). The van der Waals surface area contributed by atoms with E-state index < -0.39 is 17.2 Å². The number of hydrogen-bond acceptors (Lipinski definition) is 3. The molecule has 84 valence electrons. The molecule has 0 aromatic heterocycles. The van der Waals surface area contributed by atoms with Crippen LogP contribution in [0.3, 0.4) is 0 Å². The van der Waals surface area contributed by atoms with Gasteiger partial charge in [-0.1, -0.05) is 0 Å². The summed E-state index contributed by atoms with van der Waals surface area (Å²) in [5.41, 5.74) is -1.22. The number of carbonyl (C=O) groups excluding carboxylic acids is 1. The summed E-state index contributed by atoms with van der Waals surface area (Å²) in [5.74, 6) is -0.120. The number of carbonyl (C=O) groups is 1. The summed E-state index contributed by atoms with van der Waals surface area (Å²) in [7, 11) is 1.73. The van der Waals surface area contributed by atoms with Gasteiger partial charge in [-0.15, -0.1) is 0 Å². The summed E-state index contributed by atoms with van der Waals surface area (Å²) in [4.78, 5) is 11.7. The number of rotatable bonds is 4. The van der Waals surface area contributed by atoms with E-state index in [1.807, 2.05) is 0 Å². The molecule has 1 atom stereocenters. The van der Waals surface area contributed by atoms with E-state index in [0.717, 1.165) is 0 Å². The van der Waals surface area contributed by atoms with E-state index >= 15 is 0 Å². The first-order chi connectivity index (χ1) is 6.13. The van der Waals surface area contributed by atoms with Gasteiger partial charge in [0.25, 0.3) is 0 Å². The first-order valence-corrected chi connectivity index (χ1v) is 4.83. The van der Waals surface area contributed by atoms with Gasteiger partial charge in [0.05, 0.1) is 17.2 Å². The second-order valence-corrected chi connectivity index (χ2v) is 4.73. The van der Waals surface area contributed by atoms with Crippen LogP contribution in [0.15, 0.2) is 0 Å². The third-order valence-electron chi connectivity index (χ3n) is 2.67. The van der Waals surface area contributed by atoms with Crippen LogP contribution < -0.4 is 10.6 Å². The fourth-order valence-electron chi connectivity index (χ4n) is 0.667. The molecule has 0 aliphatic heterocycles. The van der Waals surface area contributed by atoms with Crippen molar-refractivity contribution in [3.63, 3.8) is 0 Å². The summed E-state index contributed by atoms with van der Waals surface area (Å²) in [6.45, 7) is 8.83. The number of hydrogen-bond donors (Lipinski definition) is 3. The van der Waals surface area contributed by atoms with Gasteiger partial charge in [0.2, 0.25) is 5.91 Å². The van der Waals surface area contributed by atoms with E-state index in [0.29, 0.717) is 0 Å². The molecule has 3 N–H and O–H groups in total. The molecule has 0 aliphatic carbocycles. The highest BCUT2D eigenvalue weighted by atomic mass is 16.3. The minimum Gasteiger partial charge on any atom is -0.391 e. The van der Waals surface area contributed by atoms with Gasteiger partial charge in [-0.05, 0) is 41.7 Å². The zero-order valence-electron chi connectivity index (χ0n) is 9.93. The van der Waals surface area contributed by atoms with Crippen LogP contribution in [-0.2, 0) is 4.79 Å². The smallest absolute Gasteiger partial charge is 0.240 e. The Morgan fingerprint density at radius 3 is 2.00 bits per heavy atom. The molecule has 0 saturated carbocycles. The Bertz CT molecular complexity index is 210. The fraction of sp³-hybridized carbons (Fsp3) is 0.900. The number of nitrogens with one attached hydrogen (secondary N) is 2. The molecule has 14 heavy (non-hydrogen) atoms. The van der Waals surface area contributed by atoms with Gasteiger partial charge in [0.1, 0.15) is 0 Å². The summed E-state index contributed by atoms with van der Waals surface area (Å²) >= 11 is 0. The standard InChI is InChI=1S/C10H22N2O2/c1-7(13)9(2,3)12-8(14)10(4,5)11-6/h7,11,13H,1-6H3,(H,12,14). The van der Waals surface area contributed by atoms with Gasteiger partial charge < -0.3 is 15.7 Å². The number of aliphatic hydroxyl groups excluding tert-OH is 1. The second-order valence-electron chi connectivity index (χ2n) is 4.73. The number of aliphatic hydroxyl groups is 1. The van der Waals surface area contributed by atoms with Crippen LogP contribution >= 0.6 is 0 Å². The van der Waals surface area contributed by atoms with Crippen molar-refractivity contribution in [2.45, 2.75) is 51.8 Å². The van der Waals surface area contributed by atoms with Gasteiger partial charge in [0, 0.05) is 0 Å². The monoisotopic (exact) mass is 202 g/mol. The van der Waals surface area contributed by atoms with E-state index in [1.54, 1.807) is 41.7 Å². The summed E-state index contributed by atoms with van der Waals surface area (Å²) in [6.07, 6.45) is -0.584. The predicted molar refractivity (Wildman–Crippen MR) is 57.0 cm³/mol. The average molecular weight is 202 g/mol. The van der Waals surface area contributed by atoms with Crippen molar-refractivity contribution in [3.05, 3.63) is 0 Å². The lowest BCUT2D eigenvalue weighted by Crippen LogP contribution is -2.59. The van der Waals surface area contributed by atoms with Gasteiger partial charge >= 0.3 is 0 Å². The van der Waals surface area contributed by atoms with Crippen LogP contribution in [0.5, 0.6) is 0 Å². The molecular weight excluding hydrogens is 180 g/mol. The lowest BCUT2D eigenvalue weighted by Gasteiger charge is -2.33. The van der Waals surface area contributed by atoms with Crippen LogP contribution in [0.2, 0.25) is 0 Å². The third kappa shape index (κ3) is 3.27. The van der Waals surface area contributed by atoms with Crippen molar-refractivity contribution in [3.8, 4) is 0 Å². The number of amides is 1. The largest absolute Gasteiger partial charge is 0.391 e. The van der Waals surface area contributed by atoms with Crippen LogP contribution in [0.4, 0.5) is 0 Å². The molecule has 0 heterocycles. The molecule has 1 amide bonds. The minimum atomic E-state index is -0.619. The number of likely N-dealkylation sites (N-methyl/N-ethyl adjacent to an activating group) is 1. The molecule has 0 aromatic rings. The van der Waals surface area contributed by atoms with Crippen molar-refractivity contribution in [2.24, 2.45) is 0 Å². The van der Waals surface area contributed by atoms with Crippen LogP contribution in [0.1, 0.15) is 34.6 Å². The highest BCUT2D eigenvalue weighted by Gasteiger charge is 2.32. The Morgan fingerprint density at radius 1 is 1.29 bits per heavy atom. The minimum absolute atomic E-state index is 0.120. The molecule has 0 aliphatic rings.